The van der Waals surface area contributed by atoms with Crippen LogP contribution in [0.25, 0.3) is 0 Å². The van der Waals surface area contributed by atoms with Gasteiger partial charge < -0.3 is 15.4 Å². The third kappa shape index (κ3) is 5.34. The van der Waals surface area contributed by atoms with E-state index < -0.39 is 6.04 Å². The lowest BCUT2D eigenvalue weighted by molar-refractivity contribution is -0.124. The molecule has 0 aliphatic heterocycles. The summed E-state index contributed by atoms with van der Waals surface area (Å²) < 4.78 is 5.50. The van der Waals surface area contributed by atoms with Crippen molar-refractivity contribution in [3.8, 4) is 5.75 Å². The molecule has 0 saturated carbocycles. The van der Waals surface area contributed by atoms with Gasteiger partial charge in [0.1, 0.15) is 11.8 Å². The Labute approximate surface area is 154 Å². The fraction of sp³-hybridized carbons (Fsp3) is 0.333. The van der Waals surface area contributed by atoms with Crippen molar-refractivity contribution >= 4 is 11.8 Å². The molecule has 0 unspecified atom stereocenters. The molecule has 138 valence electrons. The van der Waals surface area contributed by atoms with Crippen molar-refractivity contribution in [3.63, 3.8) is 0 Å². The van der Waals surface area contributed by atoms with Crippen LogP contribution in [-0.2, 0) is 11.3 Å². The Morgan fingerprint density at radius 2 is 1.65 bits per heavy atom. The van der Waals surface area contributed by atoms with E-state index in [0.29, 0.717) is 24.5 Å². The first-order valence-corrected chi connectivity index (χ1v) is 8.87. The van der Waals surface area contributed by atoms with Crippen LogP contribution in [0.2, 0.25) is 0 Å². The van der Waals surface area contributed by atoms with Crippen molar-refractivity contribution in [2.45, 2.75) is 33.4 Å². The number of rotatable bonds is 8. The topological polar surface area (TPSA) is 67.4 Å². The third-order valence-electron chi connectivity index (χ3n) is 3.98. The molecule has 2 aromatic rings. The molecule has 1 atom stereocenters. The maximum Gasteiger partial charge on any atom is 0.255 e. The highest BCUT2D eigenvalue weighted by Crippen LogP contribution is 2.18. The smallest absolute Gasteiger partial charge is 0.255 e. The Morgan fingerprint density at radius 3 is 2.31 bits per heavy atom. The molecule has 2 aromatic carbocycles. The Kier molecular flexibility index (Phi) is 7.21. The number of ether oxygens (including phenoxy) is 1. The van der Waals surface area contributed by atoms with Crippen molar-refractivity contribution in [2.75, 3.05) is 6.61 Å². The first kappa shape index (κ1) is 19.5. The molecule has 2 amide bonds. The van der Waals surface area contributed by atoms with Crippen LogP contribution in [0.3, 0.4) is 0 Å². The summed E-state index contributed by atoms with van der Waals surface area (Å²) in [6.07, 6.45) is 0. The lowest BCUT2D eigenvalue weighted by Gasteiger charge is -2.22. The van der Waals surface area contributed by atoms with E-state index in [9.17, 15) is 9.59 Å². The molecule has 0 heterocycles. The van der Waals surface area contributed by atoms with E-state index in [1.54, 1.807) is 18.2 Å². The van der Waals surface area contributed by atoms with Crippen LogP contribution in [0, 0.1) is 5.92 Å². The van der Waals surface area contributed by atoms with Crippen LogP contribution < -0.4 is 15.4 Å². The summed E-state index contributed by atoms with van der Waals surface area (Å²) in [5, 5.41) is 5.73. The van der Waals surface area contributed by atoms with Gasteiger partial charge in [-0.15, -0.1) is 0 Å². The minimum absolute atomic E-state index is 0.0472. The lowest BCUT2D eigenvalue weighted by Crippen LogP contribution is -2.49. The Bertz CT molecular complexity index is 729. The molecule has 0 radical (unpaired) electrons. The zero-order chi connectivity index (χ0) is 18.9. The minimum atomic E-state index is -0.624. The van der Waals surface area contributed by atoms with Crippen molar-refractivity contribution in [3.05, 3.63) is 65.7 Å². The molecule has 0 aliphatic rings. The highest BCUT2D eigenvalue weighted by molar-refractivity contribution is 5.99. The van der Waals surface area contributed by atoms with Crippen LogP contribution in [-0.4, -0.2) is 24.5 Å². The normalized spacial score (nSPS) is 11.7. The van der Waals surface area contributed by atoms with E-state index in [-0.39, 0.29) is 17.7 Å². The zero-order valence-electron chi connectivity index (χ0n) is 15.5. The molecule has 0 aromatic heterocycles. The highest BCUT2D eigenvalue weighted by atomic mass is 16.5. The van der Waals surface area contributed by atoms with Gasteiger partial charge >= 0.3 is 0 Å². The maximum atomic E-state index is 12.7. The predicted molar refractivity (Wildman–Crippen MR) is 102 cm³/mol. The van der Waals surface area contributed by atoms with Crippen molar-refractivity contribution in [1.29, 1.82) is 0 Å². The molecule has 0 bridgehead atoms. The molecule has 2 N–H and O–H groups in total. The van der Waals surface area contributed by atoms with E-state index in [1.165, 1.54) is 0 Å². The van der Waals surface area contributed by atoms with Gasteiger partial charge in [-0.25, -0.2) is 0 Å². The molecule has 0 aliphatic carbocycles. The number of carbonyl (C=O) groups is 2. The third-order valence-corrected chi connectivity index (χ3v) is 3.98. The van der Waals surface area contributed by atoms with Crippen LogP contribution in [0.5, 0.6) is 5.75 Å². The van der Waals surface area contributed by atoms with E-state index in [0.717, 1.165) is 5.56 Å². The van der Waals surface area contributed by atoms with E-state index in [4.69, 9.17) is 4.74 Å². The van der Waals surface area contributed by atoms with E-state index in [1.807, 2.05) is 57.2 Å². The SMILES string of the molecule is CCOc1ccccc1C(=O)N[C@@H](C(=O)NCc1ccccc1)C(C)C. The second-order valence-corrected chi connectivity index (χ2v) is 6.33. The molecule has 2 rings (SSSR count). The number of para-hydroxylation sites is 1. The van der Waals surface area contributed by atoms with Gasteiger partial charge in [-0.1, -0.05) is 56.3 Å². The van der Waals surface area contributed by atoms with Crippen molar-refractivity contribution in [1.82, 2.24) is 10.6 Å². The minimum Gasteiger partial charge on any atom is -0.493 e. The molecule has 0 saturated heterocycles. The summed E-state index contributed by atoms with van der Waals surface area (Å²) in [4.78, 5) is 25.2. The highest BCUT2D eigenvalue weighted by Gasteiger charge is 2.25. The number of amides is 2. The maximum absolute atomic E-state index is 12.7. The van der Waals surface area contributed by atoms with Gasteiger partial charge in [-0.05, 0) is 30.5 Å². The second kappa shape index (κ2) is 9.61. The van der Waals surface area contributed by atoms with Crippen LogP contribution >= 0.6 is 0 Å². The number of hydrogen-bond donors (Lipinski definition) is 2. The summed E-state index contributed by atoms with van der Waals surface area (Å²) in [6.45, 7) is 6.56. The molecule has 0 fully saturated rings. The first-order chi connectivity index (χ1) is 12.5. The van der Waals surface area contributed by atoms with Gasteiger partial charge in [-0.3, -0.25) is 9.59 Å². The summed E-state index contributed by atoms with van der Waals surface area (Å²) in [7, 11) is 0. The lowest BCUT2D eigenvalue weighted by atomic mass is 10.0. The predicted octanol–water partition coefficient (Wildman–Crippen LogP) is 3.16. The van der Waals surface area contributed by atoms with Crippen LogP contribution in [0.1, 0.15) is 36.7 Å². The number of benzene rings is 2. The van der Waals surface area contributed by atoms with E-state index in [2.05, 4.69) is 10.6 Å². The van der Waals surface area contributed by atoms with E-state index >= 15 is 0 Å². The van der Waals surface area contributed by atoms with Gasteiger partial charge in [0.15, 0.2) is 0 Å². The summed E-state index contributed by atoms with van der Waals surface area (Å²) in [5.74, 6) is -0.0533. The van der Waals surface area contributed by atoms with Gasteiger partial charge in [-0.2, -0.15) is 0 Å². The summed E-state index contributed by atoms with van der Waals surface area (Å²) >= 11 is 0. The molecular formula is C21H26N2O3. The van der Waals surface area contributed by atoms with Gasteiger partial charge in [0.25, 0.3) is 5.91 Å². The Hall–Kier alpha value is -2.82. The van der Waals surface area contributed by atoms with Gasteiger partial charge in [0.2, 0.25) is 5.91 Å². The molecular weight excluding hydrogens is 328 g/mol. The fourth-order valence-electron chi connectivity index (χ4n) is 2.58. The molecule has 5 heteroatoms. The Balaban J connectivity index is 2.05. The quantitative estimate of drug-likeness (QED) is 0.765. The van der Waals surface area contributed by atoms with Crippen molar-refractivity contribution in [2.24, 2.45) is 5.92 Å². The average Bonchev–Trinajstić information content (AvgIpc) is 2.65. The van der Waals surface area contributed by atoms with Crippen LogP contribution in [0.4, 0.5) is 0 Å². The van der Waals surface area contributed by atoms with Crippen LogP contribution in [0.15, 0.2) is 54.6 Å². The first-order valence-electron chi connectivity index (χ1n) is 8.87. The number of hydrogen-bond acceptors (Lipinski definition) is 3. The number of nitrogens with one attached hydrogen (secondary N) is 2. The molecule has 26 heavy (non-hydrogen) atoms. The van der Waals surface area contributed by atoms with Gasteiger partial charge in [0.05, 0.1) is 12.2 Å². The standard InChI is InChI=1S/C21H26N2O3/c1-4-26-18-13-9-8-12-17(18)20(24)23-19(15(2)3)21(25)22-14-16-10-6-5-7-11-16/h5-13,15,19H,4,14H2,1-3H3,(H,22,25)(H,23,24)/t19-/m1/s1. The zero-order valence-corrected chi connectivity index (χ0v) is 15.5. The Morgan fingerprint density at radius 1 is 1.00 bits per heavy atom. The molecule has 0 spiro atoms. The fourth-order valence-corrected chi connectivity index (χ4v) is 2.58. The average molecular weight is 354 g/mol. The molecule has 5 nitrogen and oxygen atoms in total. The number of carbonyl (C=O) groups excluding carboxylic acids is 2. The second-order valence-electron chi connectivity index (χ2n) is 6.33. The summed E-state index contributed by atoms with van der Waals surface area (Å²) in [5.41, 5.74) is 1.44. The monoisotopic (exact) mass is 354 g/mol. The largest absolute Gasteiger partial charge is 0.493 e. The summed E-state index contributed by atoms with van der Waals surface area (Å²) in [6, 6.07) is 16.1. The van der Waals surface area contributed by atoms with Gasteiger partial charge in [0, 0.05) is 6.54 Å². The van der Waals surface area contributed by atoms with Crippen molar-refractivity contribution < 1.29 is 14.3 Å².